The lowest BCUT2D eigenvalue weighted by atomic mass is 9.79. The number of benzene rings is 1. The van der Waals surface area contributed by atoms with E-state index in [9.17, 15) is 9.59 Å². The normalized spacial score (nSPS) is 13.3. The van der Waals surface area contributed by atoms with Gasteiger partial charge >= 0.3 is 5.97 Å². The molecule has 0 bridgehead atoms. The van der Waals surface area contributed by atoms with Crippen LogP contribution in [0.1, 0.15) is 74.5 Å². The summed E-state index contributed by atoms with van der Waals surface area (Å²) < 4.78 is 13.5. The van der Waals surface area contributed by atoms with Crippen molar-refractivity contribution in [2.45, 2.75) is 68.2 Å². The Morgan fingerprint density at radius 1 is 1.07 bits per heavy atom. The maximum absolute atomic E-state index is 13.2. The Hall–Kier alpha value is -1.41. The first-order valence-corrected chi connectivity index (χ1v) is 10.1. The number of rotatable bonds is 7. The van der Waals surface area contributed by atoms with Crippen molar-refractivity contribution < 1.29 is 18.9 Å². The minimum absolute atomic E-state index is 0.103. The van der Waals surface area contributed by atoms with Crippen molar-refractivity contribution in [3.63, 3.8) is 0 Å². The number of ether oxygens (including phenoxy) is 1. The fourth-order valence-corrected chi connectivity index (χ4v) is 3.83. The molecule has 0 amide bonds. The highest BCUT2D eigenvalue weighted by atomic mass is 31.0. The maximum atomic E-state index is 13.2. The summed E-state index contributed by atoms with van der Waals surface area (Å²) in [4.78, 5) is 25.7. The number of hydrogen-bond donors (Lipinski definition) is 0. The van der Waals surface area contributed by atoms with E-state index < -0.39 is 11.9 Å². The van der Waals surface area contributed by atoms with Gasteiger partial charge in [0.05, 0.1) is 15.7 Å². The monoisotopic (exact) mass is 396 g/mol. The zero-order chi connectivity index (χ0) is 21.4. The average Bonchev–Trinajstić information content (AvgIpc) is 2.51. The van der Waals surface area contributed by atoms with Gasteiger partial charge in [-0.3, -0.25) is 9.59 Å². The molecule has 0 aliphatic heterocycles. The number of esters is 1. The van der Waals surface area contributed by atoms with Gasteiger partial charge in [-0.1, -0.05) is 45.4 Å². The van der Waals surface area contributed by atoms with E-state index in [1.807, 2.05) is 32.9 Å². The highest BCUT2D eigenvalue weighted by molar-refractivity contribution is 7.00. The van der Waals surface area contributed by atoms with Crippen LogP contribution >= 0.6 is 9.12 Å². The summed E-state index contributed by atoms with van der Waals surface area (Å²) >= 11 is 0. The van der Waals surface area contributed by atoms with Crippen LogP contribution in [0.3, 0.4) is 0 Å². The number of ketones is 1. The molecule has 3 unspecified atom stereocenters. The number of aryl methyl sites for hydroxylation is 3. The Labute approximate surface area is 166 Å². The average molecular weight is 397 g/mol. The Morgan fingerprint density at radius 3 is 1.96 bits per heavy atom. The van der Waals surface area contributed by atoms with Crippen LogP contribution in [0.4, 0.5) is 0 Å². The molecule has 0 N–H and O–H groups in total. The SMILES string of the molecule is CCOC(=O)C(CC(C)CC(C)(C)C)C(=O)c1c(C)cc(C)cc1C.O=[PH3]. The molecule has 0 aromatic heterocycles. The van der Waals surface area contributed by atoms with Gasteiger partial charge in [-0.15, -0.1) is 0 Å². The fourth-order valence-electron chi connectivity index (χ4n) is 3.83. The van der Waals surface area contributed by atoms with Gasteiger partial charge in [0.1, 0.15) is 5.92 Å². The molecular formula is C22H37O4P. The zero-order valence-corrected chi connectivity index (χ0v) is 19.7. The molecule has 0 spiro atoms. The third kappa shape index (κ3) is 8.43. The molecule has 0 heterocycles. The predicted octanol–water partition coefficient (Wildman–Crippen LogP) is 5.38. The van der Waals surface area contributed by atoms with Gasteiger partial charge in [-0.2, -0.15) is 0 Å². The van der Waals surface area contributed by atoms with Crippen LogP contribution in [0.2, 0.25) is 0 Å². The number of hydrogen-bond acceptors (Lipinski definition) is 4. The lowest BCUT2D eigenvalue weighted by Gasteiger charge is -2.26. The van der Waals surface area contributed by atoms with E-state index in [1.54, 1.807) is 6.92 Å². The molecule has 4 nitrogen and oxygen atoms in total. The maximum Gasteiger partial charge on any atom is 0.316 e. The summed E-state index contributed by atoms with van der Waals surface area (Å²) in [6.07, 6.45) is 1.49. The highest BCUT2D eigenvalue weighted by Crippen LogP contribution is 2.31. The Bertz CT molecular complexity index is 623. The van der Waals surface area contributed by atoms with E-state index in [2.05, 4.69) is 27.7 Å². The van der Waals surface area contributed by atoms with E-state index in [-0.39, 0.29) is 17.1 Å². The van der Waals surface area contributed by atoms with Crippen LogP contribution in [0, 0.1) is 38.0 Å². The van der Waals surface area contributed by atoms with Gasteiger partial charge in [0.2, 0.25) is 0 Å². The third-order valence-corrected chi connectivity index (χ3v) is 4.41. The molecule has 1 rings (SSSR count). The third-order valence-electron chi connectivity index (χ3n) is 4.41. The number of carbonyl (C=O) groups is 2. The topological polar surface area (TPSA) is 60.4 Å². The molecule has 0 aliphatic rings. The summed E-state index contributed by atoms with van der Waals surface area (Å²) in [5.74, 6) is -0.955. The number of carbonyl (C=O) groups excluding carboxylic acids is 2. The van der Waals surface area contributed by atoms with E-state index in [1.165, 1.54) is 0 Å². The molecule has 3 atom stereocenters. The van der Waals surface area contributed by atoms with Crippen LogP contribution < -0.4 is 0 Å². The van der Waals surface area contributed by atoms with Crippen LogP contribution in [0.5, 0.6) is 0 Å². The smallest absolute Gasteiger partial charge is 0.316 e. The largest absolute Gasteiger partial charge is 0.465 e. The minimum Gasteiger partial charge on any atom is -0.465 e. The molecule has 0 aliphatic carbocycles. The molecule has 0 fully saturated rings. The van der Waals surface area contributed by atoms with Gasteiger partial charge < -0.3 is 9.30 Å². The molecule has 0 radical (unpaired) electrons. The Morgan fingerprint density at radius 2 is 1.56 bits per heavy atom. The Balaban J connectivity index is 0.00000326. The van der Waals surface area contributed by atoms with Crippen molar-refractivity contribution in [2.24, 2.45) is 17.3 Å². The second-order valence-electron chi connectivity index (χ2n) is 8.55. The van der Waals surface area contributed by atoms with Gasteiger partial charge in [0.15, 0.2) is 5.78 Å². The summed E-state index contributed by atoms with van der Waals surface area (Å²) in [6, 6.07) is 4.00. The summed E-state index contributed by atoms with van der Waals surface area (Å²) in [5, 5.41) is 0. The van der Waals surface area contributed by atoms with E-state index in [4.69, 9.17) is 9.30 Å². The van der Waals surface area contributed by atoms with Gasteiger partial charge in [0, 0.05) is 5.56 Å². The van der Waals surface area contributed by atoms with Crippen molar-refractivity contribution >= 4 is 20.9 Å². The lowest BCUT2D eigenvalue weighted by Crippen LogP contribution is -2.30. The summed E-state index contributed by atoms with van der Waals surface area (Å²) in [5.41, 5.74) is 3.82. The van der Waals surface area contributed by atoms with Crippen molar-refractivity contribution in [1.82, 2.24) is 0 Å². The molecule has 0 saturated carbocycles. The van der Waals surface area contributed by atoms with Crippen LogP contribution in [0.15, 0.2) is 12.1 Å². The molecule has 1 aromatic carbocycles. The molecule has 154 valence electrons. The van der Waals surface area contributed by atoms with Crippen LogP contribution in [-0.4, -0.2) is 18.4 Å². The van der Waals surface area contributed by atoms with Crippen LogP contribution in [-0.2, 0) is 14.1 Å². The van der Waals surface area contributed by atoms with Crippen molar-refractivity contribution in [3.05, 3.63) is 34.4 Å². The van der Waals surface area contributed by atoms with E-state index in [0.717, 1.165) is 23.1 Å². The first-order chi connectivity index (χ1) is 12.5. The highest BCUT2D eigenvalue weighted by Gasteiger charge is 2.33. The molecular weight excluding hydrogens is 359 g/mol. The summed E-state index contributed by atoms with van der Waals surface area (Å²) in [6.45, 7) is 16.6. The quantitative estimate of drug-likeness (QED) is 0.269. The van der Waals surface area contributed by atoms with Crippen molar-refractivity contribution in [3.8, 4) is 0 Å². The second kappa shape index (κ2) is 11.4. The summed E-state index contributed by atoms with van der Waals surface area (Å²) in [7, 11) is 0.611. The van der Waals surface area contributed by atoms with Crippen molar-refractivity contribution in [2.75, 3.05) is 6.61 Å². The lowest BCUT2D eigenvalue weighted by molar-refractivity contribution is -0.146. The molecule has 5 heteroatoms. The first kappa shape index (κ1) is 25.6. The van der Waals surface area contributed by atoms with Crippen LogP contribution in [0.25, 0.3) is 0 Å². The molecule has 27 heavy (non-hydrogen) atoms. The van der Waals surface area contributed by atoms with E-state index in [0.29, 0.717) is 27.7 Å². The fraction of sp³-hybridized carbons (Fsp3) is 0.636. The molecule has 0 saturated heterocycles. The van der Waals surface area contributed by atoms with Crippen molar-refractivity contribution in [1.29, 1.82) is 0 Å². The Kier molecular flexibility index (Phi) is 10.8. The number of Topliss-reactive ketones (excluding diaryl/α,β-unsaturated/α-hetero) is 1. The van der Waals surface area contributed by atoms with Gasteiger partial charge in [-0.05, 0) is 63.0 Å². The predicted molar refractivity (Wildman–Crippen MR) is 115 cm³/mol. The first-order valence-electron chi connectivity index (χ1n) is 9.53. The van der Waals surface area contributed by atoms with E-state index >= 15 is 0 Å². The molecule has 1 aromatic rings. The standard InChI is InChI=1S/C22H34O3.H3OP/c1-9-25-21(24)18(12-15(3)13-22(6,7)8)20(23)19-16(4)10-14(2)11-17(19)5;1-2/h10-11,15,18H,9,12-13H2,1-8H3;2H3. The minimum atomic E-state index is -0.725. The zero-order valence-electron chi connectivity index (χ0n) is 18.3. The second-order valence-corrected chi connectivity index (χ2v) is 8.55. The van der Waals surface area contributed by atoms with Gasteiger partial charge in [-0.25, -0.2) is 0 Å². The van der Waals surface area contributed by atoms with Gasteiger partial charge in [0.25, 0.3) is 0 Å².